The molecule has 0 saturated carbocycles. The zero-order valence-corrected chi connectivity index (χ0v) is 24.9. The van der Waals surface area contributed by atoms with Crippen molar-refractivity contribution in [3.8, 4) is 28.3 Å². The molecule has 3 aromatic heterocycles. The monoisotopic (exact) mass is 577 g/mol. The van der Waals surface area contributed by atoms with E-state index in [1.807, 2.05) is 12.1 Å². The number of furan rings is 1. The third-order valence-electron chi connectivity index (χ3n) is 9.76. The van der Waals surface area contributed by atoms with E-state index in [-0.39, 0.29) is 5.41 Å². The van der Waals surface area contributed by atoms with Gasteiger partial charge in [-0.05, 0) is 52.2 Å². The summed E-state index contributed by atoms with van der Waals surface area (Å²) in [5.74, 6) is 0.677. The molecule has 4 heteroatoms. The Morgan fingerprint density at radius 2 is 1.27 bits per heavy atom. The van der Waals surface area contributed by atoms with Gasteiger partial charge in [0.1, 0.15) is 11.2 Å². The molecule has 10 rings (SSSR count). The summed E-state index contributed by atoms with van der Waals surface area (Å²) in [5, 5.41) is 6.97. The normalized spacial score (nSPS) is 13.7. The van der Waals surface area contributed by atoms with Crippen molar-refractivity contribution in [2.45, 2.75) is 19.3 Å². The van der Waals surface area contributed by atoms with Crippen LogP contribution < -0.4 is 0 Å². The number of hydrogen-bond acceptors (Lipinski definition) is 3. The first-order valence-corrected chi connectivity index (χ1v) is 15.4. The third kappa shape index (κ3) is 3.26. The van der Waals surface area contributed by atoms with Crippen molar-refractivity contribution in [1.29, 1.82) is 0 Å². The van der Waals surface area contributed by atoms with E-state index in [9.17, 15) is 0 Å². The van der Waals surface area contributed by atoms with Gasteiger partial charge in [0.25, 0.3) is 0 Å². The molecule has 45 heavy (non-hydrogen) atoms. The molecule has 0 aliphatic heterocycles. The van der Waals surface area contributed by atoms with Gasteiger partial charge in [0.2, 0.25) is 5.95 Å². The van der Waals surface area contributed by atoms with Crippen LogP contribution >= 0.6 is 0 Å². The second-order valence-electron chi connectivity index (χ2n) is 12.6. The lowest BCUT2D eigenvalue weighted by Gasteiger charge is -2.21. The molecule has 6 aromatic carbocycles. The van der Waals surface area contributed by atoms with Crippen LogP contribution in [0.2, 0.25) is 0 Å². The average molecular weight is 578 g/mol. The molecule has 4 nitrogen and oxygen atoms in total. The second kappa shape index (κ2) is 8.67. The maximum atomic E-state index is 6.35. The summed E-state index contributed by atoms with van der Waals surface area (Å²) in [7, 11) is 0. The number of rotatable bonds is 2. The molecule has 1 aliphatic carbocycles. The third-order valence-corrected chi connectivity index (χ3v) is 9.76. The van der Waals surface area contributed by atoms with E-state index >= 15 is 0 Å². The molecule has 3 heterocycles. The molecular weight excluding hydrogens is 550 g/mol. The smallest absolute Gasteiger partial charge is 0.235 e. The van der Waals surface area contributed by atoms with Crippen molar-refractivity contribution in [2.75, 3.05) is 0 Å². The average Bonchev–Trinajstić information content (AvgIpc) is 3.69. The first-order valence-electron chi connectivity index (χ1n) is 15.4. The van der Waals surface area contributed by atoms with Crippen LogP contribution in [0.25, 0.3) is 82.8 Å². The van der Waals surface area contributed by atoms with Crippen molar-refractivity contribution in [3.63, 3.8) is 0 Å². The Morgan fingerprint density at radius 3 is 2.16 bits per heavy atom. The van der Waals surface area contributed by atoms with E-state index in [4.69, 9.17) is 14.4 Å². The number of nitrogens with zero attached hydrogens (tertiary/aromatic N) is 3. The van der Waals surface area contributed by atoms with Gasteiger partial charge >= 0.3 is 0 Å². The first-order chi connectivity index (χ1) is 22.1. The Balaban J connectivity index is 1.38. The highest BCUT2D eigenvalue weighted by Crippen LogP contribution is 2.52. The zero-order chi connectivity index (χ0) is 29.9. The fourth-order valence-electron chi connectivity index (χ4n) is 7.67. The highest BCUT2D eigenvalue weighted by Gasteiger charge is 2.40. The molecule has 0 atom stereocenters. The largest absolute Gasteiger partial charge is 0.456 e. The predicted octanol–water partition coefficient (Wildman–Crippen LogP) is 10.6. The quantitative estimate of drug-likeness (QED) is 0.205. The van der Waals surface area contributed by atoms with E-state index < -0.39 is 0 Å². The summed E-state index contributed by atoms with van der Waals surface area (Å²) < 4.78 is 8.61. The number of aromatic nitrogens is 3. The molecule has 0 N–H and O–H groups in total. The summed E-state index contributed by atoms with van der Waals surface area (Å²) in [4.78, 5) is 11.0. The lowest BCUT2D eigenvalue weighted by Crippen LogP contribution is -2.18. The van der Waals surface area contributed by atoms with Crippen LogP contribution in [0.5, 0.6) is 0 Å². The van der Waals surface area contributed by atoms with E-state index in [0.717, 1.165) is 55.5 Å². The van der Waals surface area contributed by atoms with Crippen LogP contribution in [-0.4, -0.2) is 14.5 Å². The van der Waals surface area contributed by atoms with Crippen LogP contribution in [0.3, 0.4) is 0 Å². The molecule has 9 aromatic rings. The molecule has 0 amide bonds. The van der Waals surface area contributed by atoms with Crippen LogP contribution in [0, 0.1) is 0 Å². The molecule has 0 fully saturated rings. The van der Waals surface area contributed by atoms with Gasteiger partial charge in [0.15, 0.2) is 0 Å². The summed E-state index contributed by atoms with van der Waals surface area (Å²) in [6.07, 6.45) is 0. The Morgan fingerprint density at radius 1 is 0.578 bits per heavy atom. The Bertz CT molecular complexity index is 2690. The van der Waals surface area contributed by atoms with Gasteiger partial charge in [-0.25, -0.2) is 9.97 Å². The minimum absolute atomic E-state index is 0.309. The fraction of sp³-hybridized carbons (Fsp3) is 0.0732. The van der Waals surface area contributed by atoms with Gasteiger partial charge < -0.3 is 4.42 Å². The van der Waals surface area contributed by atoms with Crippen LogP contribution in [0.1, 0.15) is 25.1 Å². The molecular formula is C41H27N3O. The topological polar surface area (TPSA) is 43.9 Å². The molecule has 0 spiro atoms. The van der Waals surface area contributed by atoms with Crippen LogP contribution in [0.15, 0.2) is 132 Å². The standard InChI is InChI=1S/C41H27N3O/c1-41(2)31-18-8-5-15-27(31)37-38(29-17-11-21-35-36(29)28-16-7-10-20-34(28)45-35)42-40(43-39(37)41)44-32-19-9-6-14-26(32)30-22-24-12-3-4-13-25(24)23-33(30)44/h3-23H,1-2H3. The Kier molecular flexibility index (Phi) is 4.76. The molecule has 0 unspecified atom stereocenters. The summed E-state index contributed by atoms with van der Waals surface area (Å²) in [6.45, 7) is 4.57. The van der Waals surface area contributed by atoms with E-state index in [2.05, 4.69) is 134 Å². The van der Waals surface area contributed by atoms with Gasteiger partial charge in [-0.15, -0.1) is 0 Å². The minimum atomic E-state index is -0.309. The van der Waals surface area contributed by atoms with E-state index in [1.54, 1.807) is 0 Å². The highest BCUT2D eigenvalue weighted by molar-refractivity contribution is 6.15. The Hall–Kier alpha value is -5.74. The lowest BCUT2D eigenvalue weighted by molar-refractivity contribution is 0.632. The second-order valence-corrected chi connectivity index (χ2v) is 12.6. The summed E-state index contributed by atoms with van der Waals surface area (Å²) >= 11 is 0. The van der Waals surface area contributed by atoms with Gasteiger partial charge in [0.05, 0.1) is 22.4 Å². The fourth-order valence-corrected chi connectivity index (χ4v) is 7.67. The van der Waals surface area contributed by atoms with Gasteiger partial charge in [0, 0.05) is 38.1 Å². The summed E-state index contributed by atoms with van der Waals surface area (Å²) in [5.41, 5.74) is 10.2. The number of para-hydroxylation sites is 2. The lowest BCUT2D eigenvalue weighted by atomic mass is 9.85. The SMILES string of the molecule is CC1(C)c2ccccc2-c2c(-c3cccc4oc5ccccc5c34)nc(-n3c4ccccc4c4cc5ccccc5cc43)nc21. The van der Waals surface area contributed by atoms with Crippen molar-refractivity contribution in [1.82, 2.24) is 14.5 Å². The van der Waals surface area contributed by atoms with Crippen molar-refractivity contribution in [2.24, 2.45) is 0 Å². The van der Waals surface area contributed by atoms with Gasteiger partial charge in [-0.3, -0.25) is 4.57 Å². The van der Waals surface area contributed by atoms with Crippen LogP contribution in [0.4, 0.5) is 0 Å². The maximum absolute atomic E-state index is 6.35. The van der Waals surface area contributed by atoms with Crippen molar-refractivity contribution in [3.05, 3.63) is 139 Å². The Labute approximate surface area is 259 Å². The number of fused-ring (bicyclic) bond motifs is 10. The van der Waals surface area contributed by atoms with Crippen LogP contribution in [-0.2, 0) is 5.41 Å². The molecule has 0 radical (unpaired) electrons. The molecule has 0 bridgehead atoms. The van der Waals surface area contributed by atoms with Crippen molar-refractivity contribution >= 4 is 54.5 Å². The summed E-state index contributed by atoms with van der Waals surface area (Å²) in [6, 6.07) is 45.0. The highest BCUT2D eigenvalue weighted by atomic mass is 16.3. The molecule has 0 saturated heterocycles. The predicted molar refractivity (Wildman–Crippen MR) is 184 cm³/mol. The molecule has 1 aliphatic rings. The van der Waals surface area contributed by atoms with E-state index in [1.165, 1.54) is 32.7 Å². The maximum Gasteiger partial charge on any atom is 0.235 e. The minimum Gasteiger partial charge on any atom is -0.456 e. The van der Waals surface area contributed by atoms with E-state index in [0.29, 0.717) is 5.95 Å². The zero-order valence-electron chi connectivity index (χ0n) is 24.9. The number of hydrogen-bond donors (Lipinski definition) is 0. The number of benzene rings is 6. The van der Waals surface area contributed by atoms with Crippen molar-refractivity contribution < 1.29 is 4.42 Å². The van der Waals surface area contributed by atoms with Gasteiger partial charge in [-0.2, -0.15) is 0 Å². The first kappa shape index (κ1) is 24.7. The molecule has 212 valence electrons. The van der Waals surface area contributed by atoms with Gasteiger partial charge in [-0.1, -0.05) is 111 Å².